The van der Waals surface area contributed by atoms with Crippen molar-refractivity contribution in [1.29, 1.82) is 0 Å². The number of carbonyl (C=O) groups is 4. The van der Waals surface area contributed by atoms with Gasteiger partial charge in [-0.2, -0.15) is 0 Å². The van der Waals surface area contributed by atoms with Crippen molar-refractivity contribution in [2.75, 3.05) is 72.5 Å². The maximum Gasteiger partial charge on any atom is 0.251 e. The van der Waals surface area contributed by atoms with Crippen molar-refractivity contribution in [1.82, 2.24) is 16.0 Å². The number of ether oxygens (including phenoxy) is 6. The molecule has 0 fully saturated rings. The summed E-state index contributed by atoms with van der Waals surface area (Å²) in [6.07, 6.45) is 5.72. The Labute approximate surface area is 480 Å². The number of rotatable bonds is 35. The van der Waals surface area contributed by atoms with Gasteiger partial charge in [-0.25, -0.2) is 0 Å². The van der Waals surface area contributed by atoms with Crippen LogP contribution in [0.4, 0.5) is 0 Å². The minimum atomic E-state index is -0.660. The van der Waals surface area contributed by atoms with E-state index in [1.165, 1.54) is 0 Å². The largest absolute Gasteiger partial charge is 0.490 e. The molecule has 0 bridgehead atoms. The third-order valence-corrected chi connectivity index (χ3v) is 17.3. The van der Waals surface area contributed by atoms with Crippen molar-refractivity contribution in [3.05, 3.63) is 59.7 Å². The van der Waals surface area contributed by atoms with Gasteiger partial charge in [0, 0.05) is 45.4 Å². The number of Topliss-reactive ketones (excluding diaryl/α,β-unsaturated/α-hetero) is 1. The van der Waals surface area contributed by atoms with E-state index in [-0.39, 0.29) is 76.7 Å². The highest BCUT2D eigenvalue weighted by atomic mass is 33.1. The second-order valence-corrected chi connectivity index (χ2v) is 28.6. The molecule has 2 unspecified atom stereocenters. The molecule has 434 valence electrons. The van der Waals surface area contributed by atoms with Crippen LogP contribution in [0.15, 0.2) is 48.5 Å². The number of amides is 3. The lowest BCUT2D eigenvalue weighted by Gasteiger charge is -2.31. The maximum atomic E-state index is 12.7. The zero-order valence-electron chi connectivity index (χ0n) is 49.2. The molecule has 0 saturated heterocycles. The first-order valence-corrected chi connectivity index (χ1v) is 31.5. The van der Waals surface area contributed by atoms with E-state index >= 15 is 0 Å². The van der Waals surface area contributed by atoms with Gasteiger partial charge in [-0.05, 0) is 68.4 Å². The summed E-state index contributed by atoms with van der Waals surface area (Å²) in [5.41, 5.74) is 0.998. The fraction of sp³-hybridized carbons (Fsp3) is 0.667. The highest BCUT2D eigenvalue weighted by Crippen LogP contribution is 2.44. The van der Waals surface area contributed by atoms with Crippen LogP contribution in [0.5, 0.6) is 11.5 Å². The van der Waals surface area contributed by atoms with E-state index in [9.17, 15) is 19.2 Å². The van der Waals surface area contributed by atoms with E-state index in [1.54, 1.807) is 55.3 Å². The normalized spacial score (nSPS) is 12.6. The molecule has 77 heavy (non-hydrogen) atoms. The zero-order chi connectivity index (χ0) is 57.7. The van der Waals surface area contributed by atoms with Crippen molar-refractivity contribution in [2.24, 2.45) is 23.7 Å². The van der Waals surface area contributed by atoms with Gasteiger partial charge in [0.2, 0.25) is 11.8 Å². The Morgan fingerprint density at radius 2 is 1.13 bits per heavy atom. The molecule has 2 aromatic carbocycles. The Balaban J connectivity index is 0.000000770. The summed E-state index contributed by atoms with van der Waals surface area (Å²) in [6.45, 7) is 34.6. The summed E-state index contributed by atoms with van der Waals surface area (Å²) < 4.78 is 35.3. The third-order valence-electron chi connectivity index (χ3n) is 9.85. The van der Waals surface area contributed by atoms with Crippen molar-refractivity contribution in [3.8, 4) is 35.2 Å². The molecule has 2 atom stereocenters. The minimum Gasteiger partial charge on any atom is -0.490 e. The molecule has 0 aliphatic heterocycles. The summed E-state index contributed by atoms with van der Waals surface area (Å²) in [4.78, 5) is 48.2. The van der Waals surface area contributed by atoms with Crippen LogP contribution in [0.1, 0.15) is 163 Å². The first-order valence-electron chi connectivity index (χ1n) is 27.2. The predicted molar refractivity (Wildman–Crippen MR) is 325 cm³/mol. The molecule has 13 nitrogen and oxygen atoms in total. The van der Waals surface area contributed by atoms with Gasteiger partial charge in [-0.1, -0.05) is 195 Å². The molecule has 3 amide bonds. The molecule has 2 aromatic rings. The van der Waals surface area contributed by atoms with Gasteiger partial charge >= 0.3 is 0 Å². The first-order chi connectivity index (χ1) is 36.3. The van der Waals surface area contributed by atoms with E-state index in [4.69, 9.17) is 28.4 Å². The predicted octanol–water partition coefficient (Wildman–Crippen LogP) is 12.7. The molecule has 2 rings (SSSR count). The second-order valence-electron chi connectivity index (χ2n) is 22.0. The Morgan fingerprint density at radius 1 is 0.597 bits per heavy atom. The third kappa shape index (κ3) is 41.2. The quantitative estimate of drug-likeness (QED) is 0.0197. The van der Waals surface area contributed by atoms with Gasteiger partial charge in [0.05, 0.1) is 39.5 Å². The number of carbonyl (C=O) groups excluding carboxylic acids is 4. The topological polar surface area (TPSA) is 160 Å². The van der Waals surface area contributed by atoms with Crippen molar-refractivity contribution in [2.45, 2.75) is 162 Å². The molecule has 0 radical (unpaired) electrons. The van der Waals surface area contributed by atoms with E-state index in [2.05, 4.69) is 109 Å². The minimum absolute atomic E-state index is 0.0320. The molecular weight excluding hydrogens is 1050 g/mol. The molecule has 0 aliphatic carbocycles. The fourth-order valence-corrected chi connectivity index (χ4v) is 10.5. The number of hydrogen-bond donors (Lipinski definition) is 3. The van der Waals surface area contributed by atoms with Crippen LogP contribution in [0.3, 0.4) is 0 Å². The number of hydrogen-bond acceptors (Lipinski definition) is 14. The van der Waals surface area contributed by atoms with E-state index in [1.807, 2.05) is 71.0 Å². The van der Waals surface area contributed by atoms with Crippen LogP contribution in [-0.2, 0) is 28.5 Å². The highest BCUT2D eigenvalue weighted by molar-refractivity contribution is 8.77. The van der Waals surface area contributed by atoms with Crippen LogP contribution >= 0.6 is 43.2 Å². The second kappa shape index (κ2) is 40.6. The molecule has 0 aliphatic rings. The van der Waals surface area contributed by atoms with Gasteiger partial charge in [0.1, 0.15) is 43.4 Å². The van der Waals surface area contributed by atoms with Crippen LogP contribution in [-0.4, -0.2) is 116 Å². The van der Waals surface area contributed by atoms with E-state index < -0.39 is 4.93 Å². The van der Waals surface area contributed by atoms with E-state index in [0.29, 0.717) is 86.9 Å². The number of benzene rings is 2. The Hall–Kier alpha value is -3.52. The van der Waals surface area contributed by atoms with Crippen LogP contribution in [0.25, 0.3) is 0 Å². The van der Waals surface area contributed by atoms with Crippen molar-refractivity contribution < 1.29 is 47.6 Å². The summed E-state index contributed by atoms with van der Waals surface area (Å²) in [5.74, 6) is 14.6. The standard InChI is InChI=1S/C31H49NO5S2.C29H46N2O5S2/c1-24(2)13-9-10-17-28(33)26-15-11-16-27(21-26)36-23-31(8,39-38-30(5,6)7)37-20-19-35-22-29(34)32-18-12-14-25(3)4;1-22(2)11-9-15-30-26(32)20-34-17-18-35-27(37-38-29(5,6)7)21-36-25-14-8-13-24(19-25)28(33)31-16-10-12-23(3)4/h11,15-16,21,24-25H,9-10,13,17-20,22-23H2,1-8H3,(H,32,34);8,13-14,19,22-23,27H,10,12,15-18,20-21H2,1-7H3,(H,30,32)(H,31,33). The van der Waals surface area contributed by atoms with Gasteiger partial charge in [0.25, 0.3) is 5.91 Å². The zero-order valence-corrected chi connectivity index (χ0v) is 52.5. The SMILES string of the molecule is CC(C)C#CCNC(=O)COCCOC(C)(COc1cccc(C(=O)CCCCC(C)C)c1)SSC(C)(C)C.CC(C)C#CCNC(=O)COCCOC(COc1cccc(C(=O)NCCCC(C)C)c1)SSC(C)(C)C. The van der Waals surface area contributed by atoms with E-state index in [0.717, 1.165) is 32.1 Å². The maximum absolute atomic E-state index is 12.7. The Kier molecular flexibility index (Phi) is 37.7. The number of unbranched alkanes of at least 4 members (excludes halogenated alkanes) is 1. The van der Waals surface area contributed by atoms with Crippen molar-refractivity contribution >= 4 is 66.7 Å². The molecule has 0 spiro atoms. The van der Waals surface area contributed by atoms with Gasteiger partial charge in [-0.15, -0.1) is 0 Å². The summed E-state index contributed by atoms with van der Waals surface area (Å²) in [7, 11) is 6.63. The molecule has 3 N–H and O–H groups in total. The lowest BCUT2D eigenvalue weighted by molar-refractivity contribution is -0.127. The van der Waals surface area contributed by atoms with Gasteiger partial charge in [-0.3, -0.25) is 19.2 Å². The van der Waals surface area contributed by atoms with Gasteiger partial charge in [0.15, 0.2) is 10.7 Å². The Morgan fingerprint density at radius 3 is 1.69 bits per heavy atom. The lowest BCUT2D eigenvalue weighted by Crippen LogP contribution is -2.34. The average Bonchev–Trinajstić information content (AvgIpc) is 3.35. The smallest absolute Gasteiger partial charge is 0.251 e. The van der Waals surface area contributed by atoms with Crippen LogP contribution < -0.4 is 25.4 Å². The monoisotopic (exact) mass is 1150 g/mol. The average molecular weight is 1150 g/mol. The lowest BCUT2D eigenvalue weighted by atomic mass is 10.0. The molecular formula is C60H95N3O10S4. The Bertz CT molecular complexity index is 2120. The highest BCUT2D eigenvalue weighted by Gasteiger charge is 2.31. The van der Waals surface area contributed by atoms with Crippen LogP contribution in [0.2, 0.25) is 0 Å². The number of nitrogens with one attached hydrogen (secondary N) is 3. The molecule has 0 saturated carbocycles. The molecule has 0 aromatic heterocycles. The van der Waals surface area contributed by atoms with Gasteiger partial charge < -0.3 is 44.4 Å². The fourth-order valence-electron chi connectivity index (χ4n) is 6.05. The summed E-state index contributed by atoms with van der Waals surface area (Å²) in [6, 6.07) is 14.6. The summed E-state index contributed by atoms with van der Waals surface area (Å²) >= 11 is 0. The molecule has 17 heteroatoms. The number of ketones is 1. The first kappa shape index (κ1) is 71.5. The van der Waals surface area contributed by atoms with Crippen molar-refractivity contribution in [3.63, 3.8) is 0 Å². The summed E-state index contributed by atoms with van der Waals surface area (Å²) in [5, 5.41) is 8.41. The molecule has 0 heterocycles. The van der Waals surface area contributed by atoms with Crippen LogP contribution in [0, 0.1) is 47.4 Å².